The van der Waals surface area contributed by atoms with Gasteiger partial charge in [-0.2, -0.15) is 0 Å². The van der Waals surface area contributed by atoms with Crippen molar-refractivity contribution >= 4 is 0 Å². The van der Waals surface area contributed by atoms with Gasteiger partial charge in [0.1, 0.15) is 0 Å². The van der Waals surface area contributed by atoms with E-state index in [9.17, 15) is 10.2 Å². The second-order valence-corrected chi connectivity index (χ2v) is 7.26. The average Bonchev–Trinajstić information content (AvgIpc) is 2.14. The van der Waals surface area contributed by atoms with Crippen molar-refractivity contribution in [3.8, 4) is 0 Å². The molecular formula is C15H28O2. The highest BCUT2D eigenvalue weighted by Crippen LogP contribution is 2.59. The molecule has 2 heteroatoms. The first-order valence-electron chi connectivity index (χ1n) is 7.26. The van der Waals surface area contributed by atoms with Gasteiger partial charge in [-0.05, 0) is 31.1 Å². The Hall–Kier alpha value is -0.0800. The third kappa shape index (κ3) is 2.39. The van der Waals surface area contributed by atoms with Crippen LogP contribution in [0.25, 0.3) is 0 Å². The van der Waals surface area contributed by atoms with Gasteiger partial charge in [0.25, 0.3) is 0 Å². The van der Waals surface area contributed by atoms with Crippen LogP contribution in [-0.2, 0) is 0 Å². The summed E-state index contributed by atoms with van der Waals surface area (Å²) in [6.45, 7) is 4.60. The van der Waals surface area contributed by atoms with Crippen molar-refractivity contribution in [2.45, 2.75) is 77.2 Å². The van der Waals surface area contributed by atoms with Crippen LogP contribution >= 0.6 is 0 Å². The van der Waals surface area contributed by atoms with E-state index in [1.165, 1.54) is 32.1 Å². The van der Waals surface area contributed by atoms with Gasteiger partial charge in [-0.3, -0.25) is 0 Å². The van der Waals surface area contributed by atoms with E-state index >= 15 is 0 Å². The van der Waals surface area contributed by atoms with Crippen LogP contribution in [0.5, 0.6) is 0 Å². The first-order valence-corrected chi connectivity index (χ1v) is 7.26. The molecule has 0 aromatic rings. The molecule has 0 radical (unpaired) electrons. The lowest BCUT2D eigenvalue weighted by Gasteiger charge is -2.60. The van der Waals surface area contributed by atoms with E-state index in [-0.39, 0.29) is 17.4 Å². The average molecular weight is 240 g/mol. The second-order valence-electron chi connectivity index (χ2n) is 7.26. The SMILES string of the molecule is CC1(C)CC(O)(C2(CO)CCCCCCC2)C1. The molecule has 2 nitrogen and oxygen atoms in total. The Balaban J connectivity index is 2.12. The van der Waals surface area contributed by atoms with E-state index in [0.717, 1.165) is 25.7 Å². The Morgan fingerprint density at radius 1 is 0.882 bits per heavy atom. The van der Waals surface area contributed by atoms with Crippen LogP contribution in [0.4, 0.5) is 0 Å². The van der Waals surface area contributed by atoms with Gasteiger partial charge in [-0.15, -0.1) is 0 Å². The minimum Gasteiger partial charge on any atom is -0.396 e. The fourth-order valence-corrected chi connectivity index (χ4v) is 4.26. The molecule has 0 aromatic carbocycles. The summed E-state index contributed by atoms with van der Waals surface area (Å²) in [5.74, 6) is 0. The maximum Gasteiger partial charge on any atom is 0.0735 e. The van der Waals surface area contributed by atoms with Crippen LogP contribution in [0.15, 0.2) is 0 Å². The van der Waals surface area contributed by atoms with E-state index in [2.05, 4.69) is 13.8 Å². The molecule has 17 heavy (non-hydrogen) atoms. The van der Waals surface area contributed by atoms with Crippen molar-refractivity contribution in [2.24, 2.45) is 10.8 Å². The van der Waals surface area contributed by atoms with Gasteiger partial charge >= 0.3 is 0 Å². The van der Waals surface area contributed by atoms with Crippen LogP contribution in [0, 0.1) is 10.8 Å². The lowest BCUT2D eigenvalue weighted by atomic mass is 9.49. The standard InChI is InChI=1S/C15H28O2/c1-13(2)10-15(17,11-13)14(12-16)8-6-4-3-5-7-9-14/h16-17H,3-12H2,1-2H3. The Morgan fingerprint density at radius 2 is 1.35 bits per heavy atom. The summed E-state index contributed by atoms with van der Waals surface area (Å²) in [4.78, 5) is 0. The van der Waals surface area contributed by atoms with Crippen molar-refractivity contribution in [1.29, 1.82) is 0 Å². The van der Waals surface area contributed by atoms with Crippen molar-refractivity contribution in [1.82, 2.24) is 0 Å². The maximum absolute atomic E-state index is 10.9. The molecule has 2 aliphatic rings. The molecule has 0 aliphatic heterocycles. The molecule has 2 rings (SSSR count). The quantitative estimate of drug-likeness (QED) is 0.778. The summed E-state index contributed by atoms with van der Waals surface area (Å²) in [5.41, 5.74) is -0.537. The van der Waals surface area contributed by atoms with E-state index in [0.29, 0.717) is 0 Å². The predicted octanol–water partition coefficient (Wildman–Crippen LogP) is 3.26. The lowest BCUT2D eigenvalue weighted by molar-refractivity contribution is -0.214. The summed E-state index contributed by atoms with van der Waals surface area (Å²) in [6, 6.07) is 0. The number of hydrogen-bond acceptors (Lipinski definition) is 2. The minimum atomic E-state index is -0.595. The third-order valence-corrected chi connectivity index (χ3v) is 5.14. The monoisotopic (exact) mass is 240 g/mol. The lowest BCUT2D eigenvalue weighted by Crippen LogP contribution is -2.61. The predicted molar refractivity (Wildman–Crippen MR) is 69.8 cm³/mol. The van der Waals surface area contributed by atoms with Crippen LogP contribution in [0.2, 0.25) is 0 Å². The minimum absolute atomic E-state index is 0.166. The van der Waals surface area contributed by atoms with Gasteiger partial charge in [0.2, 0.25) is 0 Å². The molecule has 2 aliphatic carbocycles. The highest BCUT2D eigenvalue weighted by Gasteiger charge is 2.59. The molecule has 2 N–H and O–H groups in total. The highest BCUT2D eigenvalue weighted by molar-refractivity contribution is 5.10. The Kier molecular flexibility index (Phi) is 3.57. The van der Waals surface area contributed by atoms with Gasteiger partial charge in [-0.25, -0.2) is 0 Å². The summed E-state index contributed by atoms with van der Waals surface area (Å²) >= 11 is 0. The van der Waals surface area contributed by atoms with Crippen molar-refractivity contribution in [3.05, 3.63) is 0 Å². The topological polar surface area (TPSA) is 40.5 Å². The third-order valence-electron chi connectivity index (χ3n) is 5.14. The van der Waals surface area contributed by atoms with Crippen LogP contribution in [0.1, 0.15) is 71.6 Å². The van der Waals surface area contributed by atoms with Gasteiger partial charge < -0.3 is 10.2 Å². The zero-order chi connectivity index (χ0) is 12.6. The van der Waals surface area contributed by atoms with Crippen molar-refractivity contribution in [2.75, 3.05) is 6.61 Å². The maximum atomic E-state index is 10.9. The van der Waals surface area contributed by atoms with Crippen LogP contribution < -0.4 is 0 Å². The molecule has 0 atom stereocenters. The van der Waals surface area contributed by atoms with Gasteiger partial charge in [0.05, 0.1) is 12.2 Å². The number of rotatable bonds is 2. The van der Waals surface area contributed by atoms with E-state index < -0.39 is 5.60 Å². The van der Waals surface area contributed by atoms with Crippen LogP contribution in [-0.4, -0.2) is 22.4 Å². The number of aliphatic hydroxyl groups is 2. The Bertz CT molecular complexity index is 254. The molecule has 0 spiro atoms. The largest absolute Gasteiger partial charge is 0.396 e. The highest BCUT2D eigenvalue weighted by atomic mass is 16.3. The van der Waals surface area contributed by atoms with Crippen LogP contribution in [0.3, 0.4) is 0 Å². The zero-order valence-electron chi connectivity index (χ0n) is 11.5. The van der Waals surface area contributed by atoms with E-state index in [4.69, 9.17) is 0 Å². The molecule has 0 aromatic heterocycles. The molecule has 2 fully saturated rings. The molecule has 0 heterocycles. The Labute approximate surface area is 105 Å². The first-order chi connectivity index (χ1) is 7.93. The fourth-order valence-electron chi connectivity index (χ4n) is 4.26. The van der Waals surface area contributed by atoms with Crippen molar-refractivity contribution in [3.63, 3.8) is 0 Å². The number of aliphatic hydroxyl groups excluding tert-OH is 1. The smallest absolute Gasteiger partial charge is 0.0735 e. The summed E-state index contributed by atoms with van der Waals surface area (Å²) in [6.07, 6.45) is 9.94. The fraction of sp³-hybridized carbons (Fsp3) is 1.00. The van der Waals surface area contributed by atoms with E-state index in [1.807, 2.05) is 0 Å². The summed E-state index contributed by atoms with van der Waals surface area (Å²) < 4.78 is 0. The summed E-state index contributed by atoms with van der Waals surface area (Å²) in [5, 5.41) is 20.7. The second kappa shape index (κ2) is 4.55. The van der Waals surface area contributed by atoms with Crippen molar-refractivity contribution < 1.29 is 10.2 Å². The zero-order valence-corrected chi connectivity index (χ0v) is 11.5. The molecular weight excluding hydrogens is 212 g/mol. The van der Waals surface area contributed by atoms with Gasteiger partial charge in [-0.1, -0.05) is 46.0 Å². The van der Waals surface area contributed by atoms with Gasteiger partial charge in [0, 0.05) is 5.41 Å². The summed E-state index contributed by atoms with van der Waals surface area (Å²) in [7, 11) is 0. The Morgan fingerprint density at radius 3 is 1.76 bits per heavy atom. The van der Waals surface area contributed by atoms with Gasteiger partial charge in [0.15, 0.2) is 0 Å². The molecule has 2 saturated carbocycles. The molecule has 0 amide bonds. The molecule has 0 saturated heterocycles. The molecule has 0 unspecified atom stereocenters. The first kappa shape index (κ1) is 13.4. The molecule has 100 valence electrons. The normalized spacial score (nSPS) is 31.1. The number of hydrogen-bond donors (Lipinski definition) is 2. The van der Waals surface area contributed by atoms with E-state index in [1.54, 1.807) is 0 Å². The molecule has 0 bridgehead atoms.